The van der Waals surface area contributed by atoms with E-state index in [-0.39, 0.29) is 18.1 Å². The number of rotatable bonds is 6. The van der Waals surface area contributed by atoms with E-state index in [2.05, 4.69) is 0 Å². The van der Waals surface area contributed by atoms with Crippen LogP contribution < -0.4 is 0 Å². The molecule has 0 rings (SSSR count). The van der Waals surface area contributed by atoms with Crippen molar-refractivity contribution in [1.82, 2.24) is 4.90 Å². The molecule has 0 unspecified atom stereocenters. The molecule has 0 radical (unpaired) electrons. The van der Waals surface area contributed by atoms with Gasteiger partial charge >= 0.3 is 0 Å². The van der Waals surface area contributed by atoms with Gasteiger partial charge in [0.15, 0.2) is 0 Å². The Hall–Kier alpha value is -1.00. The van der Waals surface area contributed by atoms with Crippen LogP contribution in [0.5, 0.6) is 0 Å². The van der Waals surface area contributed by atoms with Crippen molar-refractivity contribution in [3.63, 3.8) is 0 Å². The van der Waals surface area contributed by atoms with Crippen LogP contribution in [0.2, 0.25) is 0 Å². The van der Waals surface area contributed by atoms with E-state index >= 15 is 0 Å². The van der Waals surface area contributed by atoms with Gasteiger partial charge in [0, 0.05) is 37.8 Å². The third kappa shape index (κ3) is 5.17. The highest BCUT2D eigenvalue weighted by atomic mass is 19.3. The van der Waals surface area contributed by atoms with Crippen molar-refractivity contribution in [2.45, 2.75) is 47.5 Å². The fourth-order valence-electron chi connectivity index (χ4n) is 2.12. The zero-order chi connectivity index (χ0) is 16.2. The number of hydrogen-bond acceptors (Lipinski definition) is 2. The van der Waals surface area contributed by atoms with E-state index in [0.29, 0.717) is 0 Å². The molecule has 0 saturated heterocycles. The fraction of sp³-hybridized carbons (Fsp3) is 0.867. The molecule has 20 heavy (non-hydrogen) atoms. The second-order valence-electron chi connectivity index (χ2n) is 6.76. The first-order valence-corrected chi connectivity index (χ1v) is 6.92. The predicted octanol–water partition coefficient (Wildman–Crippen LogP) is 3.23. The van der Waals surface area contributed by atoms with Crippen LogP contribution in [0.4, 0.5) is 8.78 Å². The number of Topliss-reactive ketones (excluding diaryl/α,β-unsaturated/α-hetero) is 1. The standard InChI is InChI=1S/C15H27F2NO2/c1-9(13(16)17)11(8-12(19)15(3,4)5)10(2)14(20)18(6)7/h9-11,13H,8H2,1-7H3/t9-,10-,11-/m1/s1. The van der Waals surface area contributed by atoms with Gasteiger partial charge < -0.3 is 4.90 Å². The Bertz CT molecular complexity index is 348. The minimum absolute atomic E-state index is 0.00968. The number of alkyl halides is 2. The van der Waals surface area contributed by atoms with Gasteiger partial charge in [0.2, 0.25) is 12.3 Å². The molecule has 0 saturated carbocycles. The second kappa shape index (κ2) is 7.14. The SMILES string of the molecule is C[C@@H](C(=O)N(C)C)[C@H](CC(=O)C(C)(C)C)[C@@H](C)C(F)F. The monoisotopic (exact) mass is 291 g/mol. The molecule has 3 nitrogen and oxygen atoms in total. The Morgan fingerprint density at radius 1 is 1.10 bits per heavy atom. The lowest BCUT2D eigenvalue weighted by molar-refractivity contribution is -0.137. The number of carbonyl (C=O) groups is 2. The molecule has 1 amide bonds. The Balaban J connectivity index is 5.20. The summed E-state index contributed by atoms with van der Waals surface area (Å²) in [6.07, 6.45) is -2.53. The van der Waals surface area contributed by atoms with Crippen molar-refractivity contribution in [2.75, 3.05) is 14.1 Å². The molecule has 0 N–H and O–H groups in total. The number of amides is 1. The normalized spacial score (nSPS) is 16.7. The summed E-state index contributed by atoms with van der Waals surface area (Å²) in [6, 6.07) is 0. The molecular formula is C15H27F2NO2. The summed E-state index contributed by atoms with van der Waals surface area (Å²) in [6.45, 7) is 8.32. The molecule has 0 aliphatic carbocycles. The van der Waals surface area contributed by atoms with E-state index in [4.69, 9.17) is 0 Å². The molecule has 0 aromatic carbocycles. The minimum Gasteiger partial charge on any atom is -0.349 e. The fourth-order valence-corrected chi connectivity index (χ4v) is 2.12. The first kappa shape index (κ1) is 19.0. The zero-order valence-electron chi connectivity index (χ0n) is 13.5. The number of halogens is 2. The maximum atomic E-state index is 13.0. The first-order chi connectivity index (χ1) is 8.89. The Kier molecular flexibility index (Phi) is 6.78. The molecule has 118 valence electrons. The molecule has 5 heteroatoms. The van der Waals surface area contributed by atoms with Crippen LogP contribution >= 0.6 is 0 Å². The third-order valence-electron chi connectivity index (χ3n) is 3.80. The summed E-state index contributed by atoms with van der Waals surface area (Å²) in [4.78, 5) is 25.5. The lowest BCUT2D eigenvalue weighted by atomic mass is 9.75. The van der Waals surface area contributed by atoms with Crippen LogP contribution in [0.1, 0.15) is 41.0 Å². The highest BCUT2D eigenvalue weighted by Crippen LogP contribution is 2.33. The van der Waals surface area contributed by atoms with Crippen LogP contribution in [-0.4, -0.2) is 37.1 Å². The van der Waals surface area contributed by atoms with Gasteiger partial charge in [-0.2, -0.15) is 0 Å². The molecule has 0 bridgehead atoms. The summed E-state index contributed by atoms with van der Waals surface area (Å²) in [7, 11) is 3.18. The third-order valence-corrected chi connectivity index (χ3v) is 3.80. The summed E-state index contributed by atoms with van der Waals surface area (Å²) in [5.74, 6) is -2.53. The van der Waals surface area contributed by atoms with E-state index in [1.807, 2.05) is 0 Å². The largest absolute Gasteiger partial charge is 0.349 e. The van der Waals surface area contributed by atoms with E-state index in [9.17, 15) is 18.4 Å². The van der Waals surface area contributed by atoms with E-state index in [1.54, 1.807) is 41.8 Å². The van der Waals surface area contributed by atoms with Crippen molar-refractivity contribution in [3.05, 3.63) is 0 Å². The molecular weight excluding hydrogens is 264 g/mol. The van der Waals surface area contributed by atoms with E-state index in [1.165, 1.54) is 11.8 Å². The van der Waals surface area contributed by atoms with Gasteiger partial charge in [-0.05, 0) is 5.92 Å². The maximum absolute atomic E-state index is 13.0. The van der Waals surface area contributed by atoms with E-state index in [0.717, 1.165) is 0 Å². The molecule has 3 atom stereocenters. The molecule has 0 fully saturated rings. The summed E-state index contributed by atoms with van der Waals surface area (Å²) < 4.78 is 26.0. The lowest BCUT2D eigenvalue weighted by Crippen LogP contribution is -2.39. The number of hydrogen-bond donors (Lipinski definition) is 0. The average molecular weight is 291 g/mol. The highest BCUT2D eigenvalue weighted by Gasteiger charge is 2.37. The van der Waals surface area contributed by atoms with Crippen LogP contribution in [0, 0.1) is 23.2 Å². The van der Waals surface area contributed by atoms with Crippen LogP contribution in [0.3, 0.4) is 0 Å². The van der Waals surface area contributed by atoms with Gasteiger partial charge in [0.05, 0.1) is 0 Å². The highest BCUT2D eigenvalue weighted by molar-refractivity contribution is 5.85. The van der Waals surface area contributed by atoms with Gasteiger partial charge in [-0.3, -0.25) is 9.59 Å². The Morgan fingerprint density at radius 3 is 1.85 bits per heavy atom. The van der Waals surface area contributed by atoms with Gasteiger partial charge in [-0.15, -0.1) is 0 Å². The average Bonchev–Trinajstić information content (AvgIpc) is 2.31. The van der Waals surface area contributed by atoms with Gasteiger partial charge in [-0.25, -0.2) is 8.78 Å². The quantitative estimate of drug-likeness (QED) is 0.753. The Labute approximate surface area is 120 Å². The molecule has 0 aromatic heterocycles. The van der Waals surface area contributed by atoms with Crippen molar-refractivity contribution < 1.29 is 18.4 Å². The number of carbonyl (C=O) groups excluding carboxylic acids is 2. The molecule has 0 aliphatic rings. The predicted molar refractivity (Wildman–Crippen MR) is 75.6 cm³/mol. The summed E-state index contributed by atoms with van der Waals surface area (Å²) in [5, 5.41) is 0. The summed E-state index contributed by atoms with van der Waals surface area (Å²) in [5.41, 5.74) is -0.582. The van der Waals surface area contributed by atoms with Crippen LogP contribution in [-0.2, 0) is 9.59 Å². The van der Waals surface area contributed by atoms with Crippen molar-refractivity contribution in [2.24, 2.45) is 23.2 Å². The molecule has 0 aromatic rings. The molecule has 0 aliphatic heterocycles. The molecule has 0 heterocycles. The maximum Gasteiger partial charge on any atom is 0.241 e. The topological polar surface area (TPSA) is 37.4 Å². The van der Waals surface area contributed by atoms with Gasteiger partial charge in [0.25, 0.3) is 0 Å². The number of ketones is 1. The van der Waals surface area contributed by atoms with Gasteiger partial charge in [0.1, 0.15) is 5.78 Å². The van der Waals surface area contributed by atoms with Crippen LogP contribution in [0.15, 0.2) is 0 Å². The van der Waals surface area contributed by atoms with E-state index < -0.39 is 29.6 Å². The van der Waals surface area contributed by atoms with Crippen molar-refractivity contribution in [1.29, 1.82) is 0 Å². The molecule has 0 spiro atoms. The minimum atomic E-state index is -2.54. The van der Waals surface area contributed by atoms with Crippen molar-refractivity contribution in [3.8, 4) is 0 Å². The second-order valence-corrected chi connectivity index (χ2v) is 6.76. The van der Waals surface area contributed by atoms with Crippen molar-refractivity contribution >= 4 is 11.7 Å². The Morgan fingerprint density at radius 2 is 1.55 bits per heavy atom. The summed E-state index contributed by atoms with van der Waals surface area (Å²) >= 11 is 0. The zero-order valence-corrected chi connectivity index (χ0v) is 13.5. The number of nitrogens with zero attached hydrogens (tertiary/aromatic N) is 1. The first-order valence-electron chi connectivity index (χ1n) is 6.92. The smallest absolute Gasteiger partial charge is 0.241 e. The van der Waals surface area contributed by atoms with Crippen LogP contribution in [0.25, 0.3) is 0 Å². The van der Waals surface area contributed by atoms with Gasteiger partial charge in [-0.1, -0.05) is 34.6 Å². The lowest BCUT2D eigenvalue weighted by Gasteiger charge is -2.31.